The van der Waals surface area contributed by atoms with Crippen LogP contribution in [-0.2, 0) is 0 Å². The molecule has 6 heteroatoms. The topological polar surface area (TPSA) is 66.9 Å². The number of hydrogen-bond donors (Lipinski definition) is 2. The minimum absolute atomic E-state index is 0.145. The Morgan fingerprint density at radius 3 is 2.52 bits per heavy atom. The summed E-state index contributed by atoms with van der Waals surface area (Å²) in [7, 11) is 0. The van der Waals surface area contributed by atoms with E-state index in [2.05, 4.69) is 20.6 Å². The number of benzene rings is 1. The molecule has 0 atom stereocenters. The van der Waals surface area contributed by atoms with E-state index in [0.717, 1.165) is 24.1 Å². The van der Waals surface area contributed by atoms with E-state index in [4.69, 9.17) is 11.6 Å². The van der Waals surface area contributed by atoms with Crippen LogP contribution in [-0.4, -0.2) is 21.9 Å². The van der Waals surface area contributed by atoms with Crippen molar-refractivity contribution >= 4 is 29.0 Å². The minimum Gasteiger partial charge on any atom is -0.348 e. The Balaban J connectivity index is 1.62. The fraction of sp³-hybridized carbons (Fsp3) is 0.421. The molecular weight excluding hydrogens is 336 g/mol. The molecule has 132 valence electrons. The van der Waals surface area contributed by atoms with Gasteiger partial charge in [-0.2, -0.15) is 0 Å². The highest BCUT2D eigenvalue weighted by atomic mass is 35.5. The standard InChI is InChI=1S/C19H23ClN4O/c1-13-10-14(20)8-9-16(13)24-18-12-21-17(11-22-18)19(25)23-15-6-4-2-3-5-7-15/h8-12,15H,2-7H2,1H3,(H,22,24)(H,23,25). The van der Waals surface area contributed by atoms with Gasteiger partial charge in [-0.15, -0.1) is 0 Å². The number of hydrogen-bond acceptors (Lipinski definition) is 4. The van der Waals surface area contributed by atoms with Crippen LogP contribution in [0.2, 0.25) is 5.02 Å². The fourth-order valence-electron chi connectivity index (χ4n) is 3.10. The zero-order chi connectivity index (χ0) is 17.6. The zero-order valence-electron chi connectivity index (χ0n) is 14.4. The highest BCUT2D eigenvalue weighted by Crippen LogP contribution is 2.22. The summed E-state index contributed by atoms with van der Waals surface area (Å²) in [6, 6.07) is 5.85. The predicted molar refractivity (Wildman–Crippen MR) is 100 cm³/mol. The van der Waals surface area contributed by atoms with Gasteiger partial charge in [0.15, 0.2) is 0 Å². The van der Waals surface area contributed by atoms with E-state index in [1.165, 1.54) is 31.9 Å². The molecule has 0 saturated heterocycles. The number of rotatable bonds is 4. The first-order valence-corrected chi connectivity index (χ1v) is 9.16. The van der Waals surface area contributed by atoms with Crippen molar-refractivity contribution < 1.29 is 4.79 Å². The average Bonchev–Trinajstić information content (AvgIpc) is 2.87. The molecule has 2 N–H and O–H groups in total. The monoisotopic (exact) mass is 358 g/mol. The van der Waals surface area contributed by atoms with Gasteiger partial charge in [-0.05, 0) is 43.5 Å². The first kappa shape index (κ1) is 17.7. The summed E-state index contributed by atoms with van der Waals surface area (Å²) in [5.41, 5.74) is 2.28. The molecule has 1 aromatic carbocycles. The summed E-state index contributed by atoms with van der Waals surface area (Å²) in [5, 5.41) is 6.97. The number of nitrogens with zero attached hydrogens (tertiary/aromatic N) is 2. The molecule has 1 aromatic heterocycles. The molecular formula is C19H23ClN4O. The maximum absolute atomic E-state index is 12.3. The number of carbonyl (C=O) groups is 1. The molecule has 0 radical (unpaired) electrons. The number of aromatic nitrogens is 2. The van der Waals surface area contributed by atoms with E-state index in [-0.39, 0.29) is 11.9 Å². The van der Waals surface area contributed by atoms with Crippen LogP contribution in [0.1, 0.15) is 54.6 Å². The van der Waals surface area contributed by atoms with Crippen LogP contribution in [0.4, 0.5) is 11.5 Å². The Kier molecular flexibility index (Phi) is 5.87. The van der Waals surface area contributed by atoms with Gasteiger partial charge in [-0.25, -0.2) is 9.97 Å². The van der Waals surface area contributed by atoms with Crippen molar-refractivity contribution in [3.63, 3.8) is 0 Å². The van der Waals surface area contributed by atoms with Crippen molar-refractivity contribution in [1.29, 1.82) is 0 Å². The van der Waals surface area contributed by atoms with Gasteiger partial charge in [0.2, 0.25) is 0 Å². The summed E-state index contributed by atoms with van der Waals surface area (Å²) in [6.07, 6.45) is 10.1. The van der Waals surface area contributed by atoms with Gasteiger partial charge in [-0.3, -0.25) is 4.79 Å². The lowest BCUT2D eigenvalue weighted by molar-refractivity contribution is 0.0928. The van der Waals surface area contributed by atoms with Crippen LogP contribution < -0.4 is 10.6 Å². The third kappa shape index (κ3) is 4.92. The van der Waals surface area contributed by atoms with Gasteiger partial charge in [-0.1, -0.05) is 37.3 Å². The van der Waals surface area contributed by atoms with Crippen molar-refractivity contribution in [2.45, 2.75) is 51.5 Å². The van der Waals surface area contributed by atoms with Gasteiger partial charge in [0.1, 0.15) is 11.5 Å². The van der Waals surface area contributed by atoms with Crippen molar-refractivity contribution in [1.82, 2.24) is 15.3 Å². The van der Waals surface area contributed by atoms with E-state index >= 15 is 0 Å². The number of aryl methyl sites for hydroxylation is 1. The highest BCUT2D eigenvalue weighted by Gasteiger charge is 2.16. The lowest BCUT2D eigenvalue weighted by Crippen LogP contribution is -2.34. The quantitative estimate of drug-likeness (QED) is 0.781. The molecule has 0 spiro atoms. The highest BCUT2D eigenvalue weighted by molar-refractivity contribution is 6.30. The molecule has 3 rings (SSSR count). The van der Waals surface area contributed by atoms with Gasteiger partial charge < -0.3 is 10.6 Å². The van der Waals surface area contributed by atoms with Gasteiger partial charge in [0, 0.05) is 16.8 Å². The van der Waals surface area contributed by atoms with Crippen molar-refractivity contribution in [2.24, 2.45) is 0 Å². The van der Waals surface area contributed by atoms with E-state index in [1.54, 1.807) is 6.20 Å². The van der Waals surface area contributed by atoms with Gasteiger partial charge in [0.25, 0.3) is 5.91 Å². The number of carbonyl (C=O) groups excluding carboxylic acids is 1. The molecule has 1 heterocycles. The van der Waals surface area contributed by atoms with Crippen LogP contribution in [0.5, 0.6) is 0 Å². The second kappa shape index (κ2) is 8.30. The Morgan fingerprint density at radius 1 is 1.12 bits per heavy atom. The third-order valence-corrected chi connectivity index (χ3v) is 4.76. The normalized spacial score (nSPS) is 15.4. The molecule has 5 nitrogen and oxygen atoms in total. The number of anilines is 2. The fourth-order valence-corrected chi connectivity index (χ4v) is 3.32. The first-order valence-electron chi connectivity index (χ1n) is 8.78. The Hall–Kier alpha value is -2.14. The van der Waals surface area contributed by atoms with Crippen molar-refractivity contribution in [3.8, 4) is 0 Å². The lowest BCUT2D eigenvalue weighted by atomic mass is 10.1. The van der Waals surface area contributed by atoms with Crippen LogP contribution >= 0.6 is 11.6 Å². The van der Waals surface area contributed by atoms with Crippen LogP contribution in [0.3, 0.4) is 0 Å². The molecule has 1 aliphatic carbocycles. The van der Waals surface area contributed by atoms with Crippen LogP contribution in [0.25, 0.3) is 0 Å². The number of nitrogens with one attached hydrogen (secondary N) is 2. The molecule has 1 fully saturated rings. The molecule has 0 unspecified atom stereocenters. The van der Waals surface area contributed by atoms with Crippen LogP contribution in [0.15, 0.2) is 30.6 Å². The Labute approximate surface area is 153 Å². The number of halogens is 1. The molecule has 1 amide bonds. The molecule has 2 aromatic rings. The Morgan fingerprint density at radius 2 is 1.88 bits per heavy atom. The van der Waals surface area contributed by atoms with Crippen molar-refractivity contribution in [3.05, 3.63) is 46.9 Å². The van der Waals surface area contributed by atoms with Crippen LogP contribution in [0, 0.1) is 6.92 Å². The first-order chi connectivity index (χ1) is 12.1. The SMILES string of the molecule is Cc1cc(Cl)ccc1Nc1cnc(C(=O)NC2CCCCCC2)cn1. The lowest BCUT2D eigenvalue weighted by Gasteiger charge is -2.15. The second-order valence-corrected chi connectivity index (χ2v) is 6.97. The molecule has 1 saturated carbocycles. The summed E-state index contributed by atoms with van der Waals surface area (Å²) >= 11 is 5.97. The second-order valence-electron chi connectivity index (χ2n) is 6.53. The minimum atomic E-state index is -0.145. The summed E-state index contributed by atoms with van der Waals surface area (Å²) in [6.45, 7) is 1.97. The maximum atomic E-state index is 12.3. The van der Waals surface area contributed by atoms with E-state index in [9.17, 15) is 4.79 Å². The molecule has 25 heavy (non-hydrogen) atoms. The summed E-state index contributed by atoms with van der Waals surface area (Å²) in [5.74, 6) is 0.449. The predicted octanol–water partition coefficient (Wildman–Crippen LogP) is 4.63. The Bertz CT molecular complexity index is 725. The molecule has 0 aliphatic heterocycles. The molecule has 0 bridgehead atoms. The average molecular weight is 359 g/mol. The van der Waals surface area contributed by atoms with Gasteiger partial charge in [0.05, 0.1) is 12.4 Å². The van der Waals surface area contributed by atoms with E-state index in [0.29, 0.717) is 16.5 Å². The molecule has 1 aliphatic rings. The summed E-state index contributed by atoms with van der Waals surface area (Å²) in [4.78, 5) is 20.9. The third-order valence-electron chi connectivity index (χ3n) is 4.53. The van der Waals surface area contributed by atoms with E-state index < -0.39 is 0 Å². The van der Waals surface area contributed by atoms with E-state index in [1.807, 2.05) is 25.1 Å². The maximum Gasteiger partial charge on any atom is 0.271 e. The van der Waals surface area contributed by atoms with Gasteiger partial charge >= 0.3 is 0 Å². The van der Waals surface area contributed by atoms with Crippen molar-refractivity contribution in [2.75, 3.05) is 5.32 Å². The summed E-state index contributed by atoms with van der Waals surface area (Å²) < 4.78 is 0. The number of amides is 1. The smallest absolute Gasteiger partial charge is 0.271 e. The largest absolute Gasteiger partial charge is 0.348 e. The zero-order valence-corrected chi connectivity index (χ0v) is 15.1.